The third kappa shape index (κ3) is 3.65. The van der Waals surface area contributed by atoms with Crippen molar-refractivity contribution in [2.45, 2.75) is 26.4 Å². The van der Waals surface area contributed by atoms with E-state index in [1.54, 1.807) is 26.0 Å². The predicted molar refractivity (Wildman–Crippen MR) is 70.0 cm³/mol. The van der Waals surface area contributed by atoms with Crippen molar-refractivity contribution in [3.05, 3.63) is 18.4 Å². The van der Waals surface area contributed by atoms with E-state index < -0.39 is 11.9 Å². The van der Waals surface area contributed by atoms with E-state index >= 15 is 0 Å². The summed E-state index contributed by atoms with van der Waals surface area (Å²) in [6, 6.07) is 3.13. The van der Waals surface area contributed by atoms with Crippen molar-refractivity contribution < 1.29 is 19.1 Å². The monoisotopic (exact) mass is 293 g/mol. The molecule has 0 unspecified atom stereocenters. The second kappa shape index (κ2) is 6.16. The van der Waals surface area contributed by atoms with Crippen LogP contribution in [-0.2, 0) is 16.1 Å². The summed E-state index contributed by atoms with van der Waals surface area (Å²) >= 11 is 0. The normalized spacial score (nSPS) is 10.8. The number of carboxylic acid groups (broad SMARTS) is 1. The van der Waals surface area contributed by atoms with Gasteiger partial charge in [0.05, 0.1) is 6.26 Å². The van der Waals surface area contributed by atoms with Gasteiger partial charge in [0.15, 0.2) is 5.76 Å². The quantitative estimate of drug-likeness (QED) is 0.812. The number of hydrogen-bond donors (Lipinski definition) is 1. The number of amides is 1. The lowest BCUT2D eigenvalue weighted by atomic mass is 10.3. The number of carbonyl (C=O) groups is 2. The lowest BCUT2D eigenvalue weighted by Gasteiger charge is -2.24. The largest absolute Gasteiger partial charge is 0.480 e. The van der Waals surface area contributed by atoms with Crippen LogP contribution in [0.3, 0.4) is 0 Å². The van der Waals surface area contributed by atoms with Crippen LogP contribution in [0.4, 0.5) is 0 Å². The van der Waals surface area contributed by atoms with Gasteiger partial charge in [0, 0.05) is 6.04 Å². The van der Waals surface area contributed by atoms with Crippen molar-refractivity contribution in [1.82, 2.24) is 25.1 Å². The van der Waals surface area contributed by atoms with Gasteiger partial charge >= 0.3 is 5.97 Å². The Labute approximate surface area is 120 Å². The molecule has 0 bridgehead atoms. The minimum absolute atomic E-state index is 0.181. The first-order chi connectivity index (χ1) is 9.97. The Hall–Kier alpha value is -2.71. The second-order valence-corrected chi connectivity index (χ2v) is 4.63. The molecule has 9 nitrogen and oxygen atoms in total. The van der Waals surface area contributed by atoms with E-state index in [2.05, 4.69) is 15.4 Å². The lowest BCUT2D eigenvalue weighted by Crippen LogP contribution is -2.42. The molecule has 0 saturated heterocycles. The molecule has 0 aliphatic carbocycles. The summed E-state index contributed by atoms with van der Waals surface area (Å²) in [5.74, 6) is -0.752. The fourth-order valence-corrected chi connectivity index (χ4v) is 1.73. The minimum atomic E-state index is -1.07. The maximum absolute atomic E-state index is 12.1. The number of rotatable bonds is 6. The van der Waals surface area contributed by atoms with Crippen molar-refractivity contribution in [2.24, 2.45) is 0 Å². The first-order valence-electron chi connectivity index (χ1n) is 6.30. The van der Waals surface area contributed by atoms with Crippen LogP contribution in [0.1, 0.15) is 13.8 Å². The third-order valence-corrected chi connectivity index (χ3v) is 2.72. The summed E-state index contributed by atoms with van der Waals surface area (Å²) < 4.78 is 5.12. The fraction of sp³-hybridized carbons (Fsp3) is 0.417. The van der Waals surface area contributed by atoms with E-state index in [1.165, 1.54) is 11.2 Å². The van der Waals surface area contributed by atoms with Crippen LogP contribution >= 0.6 is 0 Å². The number of furan rings is 1. The Morgan fingerprint density at radius 2 is 2.24 bits per heavy atom. The van der Waals surface area contributed by atoms with Crippen LogP contribution in [-0.4, -0.2) is 54.7 Å². The zero-order valence-corrected chi connectivity index (χ0v) is 11.6. The van der Waals surface area contributed by atoms with Gasteiger partial charge in [-0.25, -0.2) is 0 Å². The molecule has 0 radical (unpaired) electrons. The van der Waals surface area contributed by atoms with Crippen molar-refractivity contribution in [1.29, 1.82) is 0 Å². The molecule has 0 aliphatic heterocycles. The molecule has 0 fully saturated rings. The average Bonchev–Trinajstić information content (AvgIpc) is 3.05. The van der Waals surface area contributed by atoms with Crippen LogP contribution in [0.25, 0.3) is 11.6 Å². The third-order valence-electron chi connectivity index (χ3n) is 2.72. The molecule has 0 aromatic carbocycles. The van der Waals surface area contributed by atoms with Crippen molar-refractivity contribution >= 4 is 11.9 Å². The first-order valence-corrected chi connectivity index (χ1v) is 6.30. The zero-order valence-electron chi connectivity index (χ0n) is 11.6. The summed E-state index contributed by atoms with van der Waals surface area (Å²) in [7, 11) is 0. The highest BCUT2D eigenvalue weighted by atomic mass is 16.4. The summed E-state index contributed by atoms with van der Waals surface area (Å²) in [5, 5.41) is 20.4. The number of carboxylic acids is 1. The molecule has 0 saturated carbocycles. The van der Waals surface area contributed by atoms with Gasteiger partial charge in [-0.05, 0) is 31.2 Å². The van der Waals surface area contributed by atoms with E-state index in [9.17, 15) is 9.59 Å². The van der Waals surface area contributed by atoms with E-state index in [4.69, 9.17) is 9.52 Å². The predicted octanol–water partition coefficient (Wildman–Crippen LogP) is 0.255. The Balaban J connectivity index is 2.06. The zero-order chi connectivity index (χ0) is 15.4. The molecule has 1 N–H and O–H groups in total. The fourth-order valence-electron chi connectivity index (χ4n) is 1.73. The molecular weight excluding hydrogens is 278 g/mol. The molecule has 112 valence electrons. The summed E-state index contributed by atoms with van der Waals surface area (Å²) in [6.07, 6.45) is 1.48. The molecular formula is C12H15N5O4. The smallest absolute Gasteiger partial charge is 0.323 e. The van der Waals surface area contributed by atoms with Crippen LogP contribution in [0.5, 0.6) is 0 Å². The Morgan fingerprint density at radius 1 is 1.48 bits per heavy atom. The maximum atomic E-state index is 12.1. The van der Waals surface area contributed by atoms with Gasteiger partial charge < -0.3 is 14.4 Å². The van der Waals surface area contributed by atoms with Crippen LogP contribution in [0.15, 0.2) is 22.8 Å². The summed E-state index contributed by atoms with van der Waals surface area (Å²) in [4.78, 5) is 25.2. The minimum Gasteiger partial charge on any atom is -0.480 e. The van der Waals surface area contributed by atoms with Gasteiger partial charge in [-0.1, -0.05) is 0 Å². The Kier molecular flexibility index (Phi) is 4.31. The molecule has 2 aromatic rings. The molecule has 2 heterocycles. The molecule has 0 aliphatic rings. The number of nitrogens with zero attached hydrogens (tertiary/aromatic N) is 5. The molecule has 2 rings (SSSR count). The van der Waals surface area contributed by atoms with Gasteiger partial charge in [-0.15, -0.1) is 10.2 Å². The number of hydrogen-bond acceptors (Lipinski definition) is 6. The van der Waals surface area contributed by atoms with Gasteiger partial charge in [0.25, 0.3) is 0 Å². The highest BCUT2D eigenvalue weighted by molar-refractivity contribution is 5.81. The maximum Gasteiger partial charge on any atom is 0.323 e. The van der Waals surface area contributed by atoms with Gasteiger partial charge in [-0.3, -0.25) is 9.59 Å². The second-order valence-electron chi connectivity index (χ2n) is 4.63. The molecule has 21 heavy (non-hydrogen) atoms. The van der Waals surface area contributed by atoms with Gasteiger partial charge in [0.2, 0.25) is 11.7 Å². The standard InChI is InChI=1S/C12H15N5O4/c1-8(2)16(7-11(19)20)10(18)6-17-14-12(13-15-17)9-4-3-5-21-9/h3-5,8H,6-7H2,1-2H3,(H,19,20). The first kappa shape index (κ1) is 14.7. The molecule has 1 amide bonds. The van der Waals surface area contributed by atoms with Crippen LogP contribution < -0.4 is 0 Å². The topological polar surface area (TPSA) is 114 Å². The summed E-state index contributed by atoms with van der Waals surface area (Å²) in [5.41, 5.74) is 0. The van der Waals surface area contributed by atoms with Crippen molar-refractivity contribution in [3.63, 3.8) is 0 Å². The molecule has 0 atom stereocenters. The van der Waals surface area contributed by atoms with Crippen molar-refractivity contribution in [3.8, 4) is 11.6 Å². The average molecular weight is 293 g/mol. The van der Waals surface area contributed by atoms with Gasteiger partial charge in [-0.2, -0.15) is 4.80 Å². The number of aromatic nitrogens is 4. The number of aliphatic carboxylic acids is 1. The van der Waals surface area contributed by atoms with Gasteiger partial charge in [0.1, 0.15) is 13.1 Å². The van der Waals surface area contributed by atoms with Crippen LogP contribution in [0, 0.1) is 0 Å². The van der Waals surface area contributed by atoms with E-state index in [0.717, 1.165) is 4.80 Å². The van der Waals surface area contributed by atoms with E-state index in [1.807, 2.05) is 0 Å². The molecule has 2 aromatic heterocycles. The van der Waals surface area contributed by atoms with Crippen molar-refractivity contribution in [2.75, 3.05) is 6.54 Å². The molecule has 9 heteroatoms. The highest BCUT2D eigenvalue weighted by Gasteiger charge is 2.21. The summed E-state index contributed by atoms with van der Waals surface area (Å²) in [6.45, 7) is 2.93. The van der Waals surface area contributed by atoms with Crippen LogP contribution in [0.2, 0.25) is 0 Å². The van der Waals surface area contributed by atoms with E-state index in [0.29, 0.717) is 5.76 Å². The Bertz CT molecular complexity index is 619. The lowest BCUT2D eigenvalue weighted by molar-refractivity contribution is -0.146. The Morgan fingerprint density at radius 3 is 2.81 bits per heavy atom. The number of tetrazole rings is 1. The SMILES string of the molecule is CC(C)N(CC(=O)O)C(=O)Cn1nnc(-c2ccco2)n1. The van der Waals surface area contributed by atoms with E-state index in [-0.39, 0.29) is 25.0 Å². The number of carbonyl (C=O) groups excluding carboxylic acids is 1. The highest BCUT2D eigenvalue weighted by Crippen LogP contribution is 2.13. The molecule has 0 spiro atoms.